The van der Waals surface area contributed by atoms with Crippen molar-refractivity contribution in [1.82, 2.24) is 5.32 Å². The lowest BCUT2D eigenvalue weighted by Gasteiger charge is -2.07. The number of hydrogen-bond donors (Lipinski definition) is 2. The molecule has 0 saturated heterocycles. The number of rotatable bonds is 6. The number of anilines is 1. The first-order chi connectivity index (χ1) is 10.7. The van der Waals surface area contributed by atoms with Gasteiger partial charge in [-0.05, 0) is 29.8 Å². The summed E-state index contributed by atoms with van der Waals surface area (Å²) in [5.41, 5.74) is 1.62. The Balaban J connectivity index is 1.76. The average Bonchev–Trinajstić information content (AvgIpc) is 2.54. The van der Waals surface area contributed by atoms with Crippen LogP contribution in [-0.4, -0.2) is 18.9 Å². The van der Waals surface area contributed by atoms with Crippen LogP contribution in [0, 0.1) is 0 Å². The van der Waals surface area contributed by atoms with E-state index in [2.05, 4.69) is 10.6 Å². The van der Waals surface area contributed by atoms with Crippen molar-refractivity contribution in [3.8, 4) is 5.75 Å². The molecule has 2 rings (SSSR count). The highest BCUT2D eigenvalue weighted by Crippen LogP contribution is 2.11. The van der Waals surface area contributed by atoms with Crippen molar-refractivity contribution in [2.24, 2.45) is 0 Å². The molecule has 0 spiro atoms. The van der Waals surface area contributed by atoms with E-state index in [0.717, 1.165) is 11.3 Å². The number of carbonyl (C=O) groups is 2. The Hall–Kier alpha value is -2.82. The second-order valence-electron chi connectivity index (χ2n) is 4.72. The summed E-state index contributed by atoms with van der Waals surface area (Å²) >= 11 is 0. The Kier molecular flexibility index (Phi) is 5.54. The molecule has 0 aliphatic heterocycles. The minimum Gasteiger partial charge on any atom is -0.497 e. The minimum absolute atomic E-state index is 0.203. The smallest absolute Gasteiger partial charge is 0.233 e. The normalized spacial score (nSPS) is 9.86. The van der Waals surface area contributed by atoms with Gasteiger partial charge in [0.15, 0.2) is 0 Å². The highest BCUT2D eigenvalue weighted by molar-refractivity contribution is 6.03. The molecule has 114 valence electrons. The summed E-state index contributed by atoms with van der Waals surface area (Å²) in [6.45, 7) is 0.376. The van der Waals surface area contributed by atoms with Crippen LogP contribution in [0.3, 0.4) is 0 Å². The van der Waals surface area contributed by atoms with Gasteiger partial charge in [0.05, 0.1) is 7.11 Å². The van der Waals surface area contributed by atoms with Crippen LogP contribution >= 0.6 is 0 Å². The average molecular weight is 298 g/mol. The summed E-state index contributed by atoms with van der Waals surface area (Å²) in [7, 11) is 1.60. The molecule has 0 fully saturated rings. The van der Waals surface area contributed by atoms with Gasteiger partial charge in [0.2, 0.25) is 11.8 Å². The molecule has 2 aromatic rings. The number of nitrogens with one attached hydrogen (secondary N) is 2. The molecule has 0 radical (unpaired) electrons. The van der Waals surface area contributed by atoms with Gasteiger partial charge >= 0.3 is 0 Å². The third kappa shape index (κ3) is 4.94. The van der Waals surface area contributed by atoms with Crippen molar-refractivity contribution in [2.75, 3.05) is 12.4 Å². The Bertz CT molecular complexity index is 624. The number of carbonyl (C=O) groups excluding carboxylic acids is 2. The third-order valence-electron chi connectivity index (χ3n) is 3.03. The fraction of sp³-hybridized carbons (Fsp3) is 0.176. The van der Waals surface area contributed by atoms with Crippen LogP contribution in [-0.2, 0) is 16.1 Å². The van der Waals surface area contributed by atoms with Gasteiger partial charge in [0.25, 0.3) is 0 Å². The maximum absolute atomic E-state index is 11.7. The van der Waals surface area contributed by atoms with E-state index in [0.29, 0.717) is 12.2 Å². The van der Waals surface area contributed by atoms with E-state index in [1.165, 1.54) is 0 Å². The topological polar surface area (TPSA) is 67.4 Å². The fourth-order valence-electron chi connectivity index (χ4n) is 1.88. The summed E-state index contributed by atoms with van der Waals surface area (Å²) in [5, 5.41) is 5.38. The number of hydrogen-bond acceptors (Lipinski definition) is 3. The predicted octanol–water partition coefficient (Wildman–Crippen LogP) is 2.34. The van der Waals surface area contributed by atoms with Crippen LogP contribution in [0.2, 0.25) is 0 Å². The van der Waals surface area contributed by atoms with Gasteiger partial charge in [-0.2, -0.15) is 0 Å². The van der Waals surface area contributed by atoms with E-state index < -0.39 is 0 Å². The monoisotopic (exact) mass is 298 g/mol. The largest absolute Gasteiger partial charge is 0.497 e. The molecule has 5 heteroatoms. The number of para-hydroxylation sites is 1. The summed E-state index contributed by atoms with van der Waals surface area (Å²) < 4.78 is 5.06. The molecule has 0 bridgehead atoms. The first-order valence-electron chi connectivity index (χ1n) is 6.92. The van der Waals surface area contributed by atoms with E-state index in [9.17, 15) is 9.59 Å². The van der Waals surface area contributed by atoms with Crippen LogP contribution in [0.15, 0.2) is 54.6 Å². The molecule has 0 aliphatic rings. The minimum atomic E-state index is -0.335. The van der Waals surface area contributed by atoms with Crippen molar-refractivity contribution >= 4 is 17.5 Å². The van der Waals surface area contributed by atoms with Gasteiger partial charge in [-0.25, -0.2) is 0 Å². The van der Waals surface area contributed by atoms with Crippen LogP contribution in [0.1, 0.15) is 12.0 Å². The van der Waals surface area contributed by atoms with Crippen molar-refractivity contribution in [1.29, 1.82) is 0 Å². The summed E-state index contributed by atoms with van der Waals surface area (Å²) in [5.74, 6) is 0.111. The Morgan fingerprint density at radius 1 is 0.955 bits per heavy atom. The SMILES string of the molecule is COc1ccc(CNC(=O)CC(=O)Nc2ccccc2)cc1. The lowest BCUT2D eigenvalue weighted by molar-refractivity contribution is -0.126. The van der Waals surface area contributed by atoms with Gasteiger partial charge in [0.1, 0.15) is 12.2 Å². The molecule has 0 saturated carbocycles. The zero-order chi connectivity index (χ0) is 15.8. The van der Waals surface area contributed by atoms with E-state index >= 15 is 0 Å². The third-order valence-corrected chi connectivity index (χ3v) is 3.03. The molecule has 0 atom stereocenters. The quantitative estimate of drug-likeness (QED) is 0.804. The van der Waals surface area contributed by atoms with E-state index in [1.807, 2.05) is 42.5 Å². The Labute approximate surface area is 129 Å². The first-order valence-corrected chi connectivity index (χ1v) is 6.92. The maximum Gasteiger partial charge on any atom is 0.233 e. The molecule has 0 heterocycles. The molecule has 0 aromatic heterocycles. The Morgan fingerprint density at radius 2 is 1.64 bits per heavy atom. The van der Waals surface area contributed by atoms with Crippen LogP contribution in [0.4, 0.5) is 5.69 Å². The van der Waals surface area contributed by atoms with Gasteiger partial charge < -0.3 is 15.4 Å². The summed E-state index contributed by atoms with van der Waals surface area (Å²) in [6, 6.07) is 16.4. The van der Waals surface area contributed by atoms with Crippen molar-refractivity contribution in [3.63, 3.8) is 0 Å². The molecule has 0 unspecified atom stereocenters. The van der Waals surface area contributed by atoms with Crippen LogP contribution in [0.5, 0.6) is 5.75 Å². The maximum atomic E-state index is 11.7. The van der Waals surface area contributed by atoms with Crippen LogP contribution in [0.25, 0.3) is 0 Å². The molecule has 0 aliphatic carbocycles. The standard InChI is InChI=1S/C17H18N2O3/c1-22-15-9-7-13(8-10-15)12-18-16(20)11-17(21)19-14-5-3-2-4-6-14/h2-10H,11-12H2,1H3,(H,18,20)(H,19,21). The fourth-order valence-corrected chi connectivity index (χ4v) is 1.88. The van der Waals surface area contributed by atoms with E-state index in [1.54, 1.807) is 19.2 Å². The molecule has 22 heavy (non-hydrogen) atoms. The number of ether oxygens (including phenoxy) is 1. The molecule has 2 amide bonds. The lowest BCUT2D eigenvalue weighted by Crippen LogP contribution is -2.27. The van der Waals surface area contributed by atoms with Crippen molar-refractivity contribution in [3.05, 3.63) is 60.2 Å². The zero-order valence-electron chi connectivity index (χ0n) is 12.3. The van der Waals surface area contributed by atoms with Gasteiger partial charge in [-0.1, -0.05) is 30.3 Å². The second-order valence-corrected chi connectivity index (χ2v) is 4.72. The lowest BCUT2D eigenvalue weighted by atomic mass is 10.2. The number of methoxy groups -OCH3 is 1. The number of amides is 2. The molecular formula is C17H18N2O3. The molecule has 5 nitrogen and oxygen atoms in total. The van der Waals surface area contributed by atoms with Gasteiger partial charge in [0, 0.05) is 12.2 Å². The van der Waals surface area contributed by atoms with Crippen molar-refractivity contribution in [2.45, 2.75) is 13.0 Å². The molecular weight excluding hydrogens is 280 g/mol. The first kappa shape index (κ1) is 15.6. The summed E-state index contributed by atoms with van der Waals surface area (Å²) in [4.78, 5) is 23.5. The van der Waals surface area contributed by atoms with Crippen molar-refractivity contribution < 1.29 is 14.3 Å². The number of benzene rings is 2. The molecule has 2 N–H and O–H groups in total. The summed E-state index contributed by atoms with van der Waals surface area (Å²) in [6.07, 6.45) is -0.203. The van der Waals surface area contributed by atoms with Gasteiger partial charge in [-0.15, -0.1) is 0 Å². The van der Waals surface area contributed by atoms with E-state index in [-0.39, 0.29) is 18.2 Å². The Morgan fingerprint density at radius 3 is 2.27 bits per heavy atom. The van der Waals surface area contributed by atoms with Gasteiger partial charge in [-0.3, -0.25) is 9.59 Å². The zero-order valence-corrected chi connectivity index (χ0v) is 12.3. The highest BCUT2D eigenvalue weighted by Gasteiger charge is 2.09. The second kappa shape index (κ2) is 7.83. The van der Waals surface area contributed by atoms with E-state index in [4.69, 9.17) is 4.74 Å². The molecule has 2 aromatic carbocycles. The highest BCUT2D eigenvalue weighted by atomic mass is 16.5. The predicted molar refractivity (Wildman–Crippen MR) is 84.5 cm³/mol. The van der Waals surface area contributed by atoms with Crippen LogP contribution < -0.4 is 15.4 Å².